The van der Waals surface area contributed by atoms with Gasteiger partial charge >= 0.3 is 11.7 Å². The van der Waals surface area contributed by atoms with Gasteiger partial charge in [-0.25, -0.2) is 9.59 Å². The van der Waals surface area contributed by atoms with Crippen molar-refractivity contribution < 1.29 is 23.9 Å². The third-order valence-corrected chi connectivity index (χ3v) is 5.27. The number of imidazole rings is 1. The van der Waals surface area contributed by atoms with Crippen LogP contribution in [0, 0.1) is 5.92 Å². The van der Waals surface area contributed by atoms with Crippen LogP contribution in [0.25, 0.3) is 11.0 Å². The Morgan fingerprint density at radius 3 is 2.45 bits per heavy atom. The molecule has 170 valence electrons. The quantitative estimate of drug-likeness (QED) is 0.373. The highest BCUT2D eigenvalue weighted by Crippen LogP contribution is 2.25. The van der Waals surface area contributed by atoms with E-state index >= 15 is 0 Å². The zero-order chi connectivity index (χ0) is 23.7. The van der Waals surface area contributed by atoms with E-state index in [4.69, 9.17) is 4.74 Å². The molecule has 0 saturated heterocycles. The van der Waals surface area contributed by atoms with Crippen molar-refractivity contribution in [1.29, 1.82) is 0 Å². The number of anilines is 1. The standard InChI is InChI=1S/C23H22N4O6/c1-12(2)7-8-27-20(29)15-5-3-13(9-16(15)21(27)30)22(31)33-11-19(28)24-14-4-6-17-18(10-14)26-23(32)25-17/h3-6,9-10,12H,7-8,11H2,1-2H3,(H,24,28)(H2,25,26,32). The number of ether oxygens (including phenoxy) is 1. The first-order valence-electron chi connectivity index (χ1n) is 10.4. The number of aromatic nitrogens is 2. The number of hydrogen-bond donors (Lipinski definition) is 3. The van der Waals surface area contributed by atoms with Crippen molar-refractivity contribution in [1.82, 2.24) is 14.9 Å². The Bertz CT molecular complexity index is 1340. The van der Waals surface area contributed by atoms with Gasteiger partial charge in [0.05, 0.1) is 27.7 Å². The molecule has 10 heteroatoms. The number of hydrogen-bond acceptors (Lipinski definition) is 6. The molecule has 4 rings (SSSR count). The fraction of sp³-hybridized carbons (Fsp3) is 0.261. The molecular weight excluding hydrogens is 428 g/mol. The Hall–Kier alpha value is -4.21. The van der Waals surface area contributed by atoms with Crippen molar-refractivity contribution in [2.45, 2.75) is 20.3 Å². The number of H-pyrrole nitrogens is 2. The van der Waals surface area contributed by atoms with Gasteiger partial charge in [-0.15, -0.1) is 0 Å². The van der Waals surface area contributed by atoms with Gasteiger partial charge in [-0.2, -0.15) is 0 Å². The molecule has 2 heterocycles. The van der Waals surface area contributed by atoms with Crippen LogP contribution in [0.3, 0.4) is 0 Å². The summed E-state index contributed by atoms with van der Waals surface area (Å²) in [4.78, 5) is 67.4. The molecule has 0 spiro atoms. The maximum Gasteiger partial charge on any atom is 0.338 e. The monoisotopic (exact) mass is 450 g/mol. The van der Waals surface area contributed by atoms with Crippen molar-refractivity contribution in [3.05, 3.63) is 63.6 Å². The average Bonchev–Trinajstić information content (AvgIpc) is 3.26. The van der Waals surface area contributed by atoms with Crippen LogP contribution in [0.2, 0.25) is 0 Å². The van der Waals surface area contributed by atoms with Crippen LogP contribution in [-0.2, 0) is 9.53 Å². The number of imide groups is 1. The van der Waals surface area contributed by atoms with Crippen molar-refractivity contribution in [2.24, 2.45) is 5.92 Å². The Morgan fingerprint density at radius 2 is 1.70 bits per heavy atom. The lowest BCUT2D eigenvalue weighted by molar-refractivity contribution is -0.119. The van der Waals surface area contributed by atoms with Gasteiger partial charge < -0.3 is 20.0 Å². The Morgan fingerprint density at radius 1 is 0.970 bits per heavy atom. The molecule has 33 heavy (non-hydrogen) atoms. The van der Waals surface area contributed by atoms with Crippen molar-refractivity contribution in [2.75, 3.05) is 18.5 Å². The van der Waals surface area contributed by atoms with E-state index in [1.807, 2.05) is 13.8 Å². The zero-order valence-corrected chi connectivity index (χ0v) is 18.1. The van der Waals surface area contributed by atoms with Crippen LogP contribution in [0.1, 0.15) is 51.3 Å². The number of carbonyl (C=O) groups excluding carboxylic acids is 4. The summed E-state index contributed by atoms with van der Waals surface area (Å²) in [7, 11) is 0. The van der Waals surface area contributed by atoms with E-state index in [1.165, 1.54) is 23.1 Å². The first-order chi connectivity index (χ1) is 15.7. The van der Waals surface area contributed by atoms with Gasteiger partial charge in [0, 0.05) is 12.2 Å². The van der Waals surface area contributed by atoms with Gasteiger partial charge in [-0.1, -0.05) is 13.8 Å². The van der Waals surface area contributed by atoms with Crippen LogP contribution in [0.15, 0.2) is 41.2 Å². The van der Waals surface area contributed by atoms with E-state index in [9.17, 15) is 24.0 Å². The molecule has 1 aliphatic heterocycles. The third kappa shape index (κ3) is 4.54. The van der Waals surface area contributed by atoms with Crippen LogP contribution < -0.4 is 11.0 Å². The molecule has 0 saturated carbocycles. The minimum atomic E-state index is -0.792. The second-order valence-electron chi connectivity index (χ2n) is 8.17. The lowest BCUT2D eigenvalue weighted by Crippen LogP contribution is -2.31. The van der Waals surface area contributed by atoms with Gasteiger partial charge in [-0.05, 0) is 48.7 Å². The molecule has 0 bridgehead atoms. The SMILES string of the molecule is CC(C)CCN1C(=O)c2ccc(C(=O)OCC(=O)Nc3ccc4[nH]c(=O)[nH]c4c3)cc2C1=O. The number of nitrogens with one attached hydrogen (secondary N) is 3. The van der Waals surface area contributed by atoms with Crippen LogP contribution in [0.5, 0.6) is 0 Å². The molecule has 0 radical (unpaired) electrons. The molecule has 0 fully saturated rings. The molecule has 0 aliphatic carbocycles. The summed E-state index contributed by atoms with van der Waals surface area (Å²) in [5, 5.41) is 2.58. The average molecular weight is 450 g/mol. The van der Waals surface area contributed by atoms with E-state index in [0.717, 1.165) is 0 Å². The Balaban J connectivity index is 1.38. The van der Waals surface area contributed by atoms with E-state index in [-0.39, 0.29) is 28.3 Å². The van der Waals surface area contributed by atoms with E-state index < -0.39 is 24.4 Å². The third-order valence-electron chi connectivity index (χ3n) is 5.27. The molecule has 2 aromatic carbocycles. The number of rotatable bonds is 7. The highest BCUT2D eigenvalue weighted by atomic mass is 16.5. The Labute approximate surface area is 187 Å². The summed E-state index contributed by atoms with van der Waals surface area (Å²) in [6, 6.07) is 8.94. The second-order valence-corrected chi connectivity index (χ2v) is 8.17. The summed E-state index contributed by atoms with van der Waals surface area (Å²) in [6.45, 7) is 3.76. The molecule has 3 N–H and O–H groups in total. The van der Waals surface area contributed by atoms with Gasteiger partial charge in [0.15, 0.2) is 6.61 Å². The summed E-state index contributed by atoms with van der Waals surface area (Å²) >= 11 is 0. The number of nitrogens with zero attached hydrogens (tertiary/aromatic N) is 1. The molecule has 3 amide bonds. The van der Waals surface area contributed by atoms with E-state index in [0.29, 0.717) is 35.6 Å². The maximum atomic E-state index is 12.6. The number of amides is 3. The Kier molecular flexibility index (Phi) is 5.82. The largest absolute Gasteiger partial charge is 0.452 e. The summed E-state index contributed by atoms with van der Waals surface area (Å²) in [5.41, 5.74) is 1.64. The molecule has 3 aromatic rings. The van der Waals surface area contributed by atoms with Crippen LogP contribution >= 0.6 is 0 Å². The zero-order valence-electron chi connectivity index (χ0n) is 18.1. The van der Waals surface area contributed by atoms with Crippen LogP contribution in [-0.4, -0.2) is 51.7 Å². The predicted octanol–water partition coefficient (Wildman–Crippen LogP) is 2.29. The van der Waals surface area contributed by atoms with Gasteiger partial charge in [0.1, 0.15) is 0 Å². The van der Waals surface area contributed by atoms with Crippen molar-refractivity contribution >= 4 is 40.4 Å². The first kappa shape index (κ1) is 22.0. The fourth-order valence-corrected chi connectivity index (χ4v) is 3.53. The summed E-state index contributed by atoms with van der Waals surface area (Å²) in [5.74, 6) is -1.86. The van der Waals surface area contributed by atoms with Gasteiger partial charge in [-0.3, -0.25) is 19.3 Å². The maximum absolute atomic E-state index is 12.6. The van der Waals surface area contributed by atoms with E-state index in [2.05, 4.69) is 15.3 Å². The van der Waals surface area contributed by atoms with Crippen molar-refractivity contribution in [3.8, 4) is 0 Å². The first-order valence-corrected chi connectivity index (χ1v) is 10.4. The predicted molar refractivity (Wildman–Crippen MR) is 119 cm³/mol. The molecule has 1 aliphatic rings. The number of benzene rings is 2. The molecule has 0 unspecified atom stereocenters. The number of aromatic amines is 2. The van der Waals surface area contributed by atoms with Crippen LogP contribution in [0.4, 0.5) is 5.69 Å². The van der Waals surface area contributed by atoms with Gasteiger partial charge in [0.2, 0.25) is 0 Å². The fourth-order valence-electron chi connectivity index (χ4n) is 3.53. The summed E-state index contributed by atoms with van der Waals surface area (Å²) in [6.07, 6.45) is 0.683. The number of esters is 1. The normalized spacial score (nSPS) is 13.0. The lowest BCUT2D eigenvalue weighted by Gasteiger charge is -2.14. The minimum Gasteiger partial charge on any atom is -0.452 e. The number of fused-ring (bicyclic) bond motifs is 2. The molecule has 10 nitrogen and oxygen atoms in total. The minimum absolute atomic E-state index is 0.0692. The van der Waals surface area contributed by atoms with Gasteiger partial charge in [0.25, 0.3) is 17.7 Å². The number of carbonyl (C=O) groups is 4. The second kappa shape index (κ2) is 8.73. The van der Waals surface area contributed by atoms with Crippen molar-refractivity contribution in [3.63, 3.8) is 0 Å². The molecule has 0 atom stereocenters. The lowest BCUT2D eigenvalue weighted by atomic mass is 10.1. The smallest absolute Gasteiger partial charge is 0.338 e. The highest BCUT2D eigenvalue weighted by Gasteiger charge is 2.35. The molecule has 1 aromatic heterocycles. The summed E-state index contributed by atoms with van der Waals surface area (Å²) < 4.78 is 5.06. The topological polar surface area (TPSA) is 141 Å². The highest BCUT2D eigenvalue weighted by molar-refractivity contribution is 6.22. The van der Waals surface area contributed by atoms with E-state index in [1.54, 1.807) is 18.2 Å². The molecular formula is C23H22N4O6.